The average Bonchev–Trinajstić information content (AvgIpc) is 3.03. The molecular weight excluding hydrogens is 764 g/mol. The molecule has 0 aliphatic heterocycles. The van der Waals surface area contributed by atoms with Gasteiger partial charge in [0.1, 0.15) is 12.3 Å². The zero-order valence-electron chi connectivity index (χ0n) is 22.4. The van der Waals surface area contributed by atoms with E-state index < -0.39 is 39.4 Å². The van der Waals surface area contributed by atoms with Crippen LogP contribution in [0.25, 0.3) is 0 Å². The van der Waals surface area contributed by atoms with Crippen molar-refractivity contribution in [2.45, 2.75) is 0 Å². The van der Waals surface area contributed by atoms with Crippen molar-refractivity contribution in [3.8, 4) is 0 Å². The maximum absolute atomic E-state index is 4.89. The summed E-state index contributed by atoms with van der Waals surface area (Å²) in [6.07, 6.45) is 5.23. The maximum Gasteiger partial charge on any atom is 0.100 e. The van der Waals surface area contributed by atoms with E-state index in [1.54, 1.807) is 5.30 Å². The van der Waals surface area contributed by atoms with Crippen LogP contribution in [0, 0.1) is 0 Å². The molecule has 206 valence electrons. The van der Waals surface area contributed by atoms with Gasteiger partial charge in [-0.1, -0.05) is 91.0 Å². The van der Waals surface area contributed by atoms with Crippen LogP contribution in [-0.4, -0.2) is 24.6 Å². The van der Waals surface area contributed by atoms with Gasteiger partial charge in [0.25, 0.3) is 0 Å². The summed E-state index contributed by atoms with van der Waals surface area (Å²) in [5.74, 6) is 0. The summed E-state index contributed by atoms with van der Waals surface area (Å²) >= 11 is -0.556. The Bertz CT molecular complexity index is 1180. The molecular formula is C34H36Cl2IrP3+4. The molecule has 5 aromatic rings. The summed E-state index contributed by atoms with van der Waals surface area (Å²) in [4.78, 5) is 0. The van der Waals surface area contributed by atoms with Crippen molar-refractivity contribution in [3.63, 3.8) is 0 Å². The van der Waals surface area contributed by atoms with E-state index in [4.69, 9.17) is 19.2 Å². The predicted octanol–water partition coefficient (Wildman–Crippen LogP) is 7.63. The Hall–Kier alpha value is -1.38. The molecule has 40 heavy (non-hydrogen) atoms. The minimum absolute atomic E-state index is 0.556. The molecule has 0 bridgehead atoms. The normalized spacial score (nSPS) is 11.0. The van der Waals surface area contributed by atoms with Crippen molar-refractivity contribution in [2.24, 2.45) is 0 Å². The zero-order chi connectivity index (χ0) is 27.8. The third-order valence-electron chi connectivity index (χ3n) is 7.02. The van der Waals surface area contributed by atoms with Crippen LogP contribution in [0.1, 0.15) is 0 Å². The first kappa shape index (κ1) is 31.6. The predicted molar refractivity (Wildman–Crippen MR) is 186 cm³/mol. The molecule has 0 unspecified atom stereocenters. The molecule has 0 atom stereocenters. The molecule has 0 saturated heterocycles. The van der Waals surface area contributed by atoms with Crippen molar-refractivity contribution in [2.75, 3.05) is 24.6 Å². The monoisotopic (exact) mass is 800 g/mol. The Labute approximate surface area is 259 Å². The second kappa shape index (κ2) is 18.2. The van der Waals surface area contributed by atoms with Crippen molar-refractivity contribution in [3.05, 3.63) is 152 Å². The Morgan fingerprint density at radius 2 is 0.575 bits per heavy atom. The van der Waals surface area contributed by atoms with E-state index in [1.165, 1.54) is 45.9 Å². The molecule has 6 heteroatoms. The van der Waals surface area contributed by atoms with Crippen LogP contribution in [0.4, 0.5) is 0 Å². The van der Waals surface area contributed by atoms with Gasteiger partial charge in [-0.05, 0) is 60.7 Å². The van der Waals surface area contributed by atoms with E-state index in [9.17, 15) is 0 Å². The average molecular weight is 801 g/mol. The van der Waals surface area contributed by atoms with Crippen LogP contribution >= 0.6 is 42.9 Å². The molecule has 0 aliphatic rings. The maximum atomic E-state index is 4.89. The van der Waals surface area contributed by atoms with E-state index in [0.717, 1.165) is 0 Å². The Morgan fingerprint density at radius 1 is 0.350 bits per heavy atom. The fourth-order valence-corrected chi connectivity index (χ4v) is 15.2. The minimum Gasteiger partial charge on any atom is -0.0620 e. The molecule has 5 aromatic carbocycles. The SMILES string of the molecule is [Cl][Ir+][Cl].c1ccc([PH+](CC[PH+](c2ccccc2)c2ccccc2)CC[PH+](c2ccccc2)c2ccccc2)cc1. The molecule has 0 radical (unpaired) electrons. The summed E-state index contributed by atoms with van der Waals surface area (Å²) in [6.45, 7) is 0. The summed E-state index contributed by atoms with van der Waals surface area (Å²) in [6, 6.07) is 56.5. The van der Waals surface area contributed by atoms with Gasteiger partial charge in [0.15, 0.2) is 0 Å². The molecule has 0 N–H and O–H groups in total. The minimum atomic E-state index is -0.809. The van der Waals surface area contributed by atoms with Crippen LogP contribution in [0.5, 0.6) is 0 Å². The molecule has 0 amide bonds. The Balaban J connectivity index is 0.00000118. The van der Waals surface area contributed by atoms with Crippen molar-refractivity contribution >= 4 is 69.5 Å². The first-order chi connectivity index (χ1) is 19.8. The standard InChI is InChI=1S/C34H33P3.2ClH.Ir/c1-6-16-30(17-7-1)35(26-28-36(31-18-8-2-9-19-31)32-20-10-3-11-21-32)27-29-37(33-22-12-4-13-23-33)34-24-14-5-15-25-34;;;/h1-25H,26-29H2;2*1H;/q;;;+3/p+1. The molecule has 0 heterocycles. The number of benzene rings is 5. The number of rotatable bonds is 11. The molecule has 0 saturated carbocycles. The molecule has 0 aromatic heterocycles. The fourth-order valence-electron chi connectivity index (χ4n) is 5.11. The van der Waals surface area contributed by atoms with Crippen molar-refractivity contribution < 1.29 is 15.7 Å². The summed E-state index contributed by atoms with van der Waals surface area (Å²) in [5, 5.41) is 7.73. The summed E-state index contributed by atoms with van der Waals surface area (Å²) in [5.41, 5.74) is 0. The Kier molecular flexibility index (Phi) is 14.4. The van der Waals surface area contributed by atoms with E-state index >= 15 is 0 Å². The molecule has 0 nitrogen and oxygen atoms in total. The fraction of sp³-hybridized carbons (Fsp3) is 0.118. The second-order valence-electron chi connectivity index (χ2n) is 9.44. The van der Waals surface area contributed by atoms with Crippen LogP contribution in [-0.2, 0) is 15.7 Å². The van der Waals surface area contributed by atoms with Crippen LogP contribution < -0.4 is 26.5 Å². The summed E-state index contributed by atoms with van der Waals surface area (Å²) in [7, 11) is 7.47. The topological polar surface area (TPSA) is 0 Å². The van der Waals surface area contributed by atoms with Gasteiger partial charge < -0.3 is 0 Å². The first-order valence-corrected chi connectivity index (χ1v) is 24.7. The molecule has 0 spiro atoms. The van der Waals surface area contributed by atoms with Gasteiger partial charge >= 0.3 is 34.8 Å². The quantitative estimate of drug-likeness (QED) is 0.121. The largest absolute Gasteiger partial charge is 0.100 e. The number of hydrogen-bond acceptors (Lipinski definition) is 0. The van der Waals surface area contributed by atoms with Crippen LogP contribution in [0.15, 0.2) is 152 Å². The van der Waals surface area contributed by atoms with Gasteiger partial charge in [0.05, 0.1) is 54.7 Å². The van der Waals surface area contributed by atoms with E-state index in [2.05, 4.69) is 152 Å². The van der Waals surface area contributed by atoms with Gasteiger partial charge in [-0.2, -0.15) is 0 Å². The zero-order valence-corrected chi connectivity index (χ0v) is 29.3. The van der Waals surface area contributed by atoms with Gasteiger partial charge in [0.2, 0.25) is 0 Å². The van der Waals surface area contributed by atoms with Crippen molar-refractivity contribution in [1.82, 2.24) is 0 Å². The van der Waals surface area contributed by atoms with Crippen LogP contribution in [0.2, 0.25) is 0 Å². The van der Waals surface area contributed by atoms with Crippen LogP contribution in [0.3, 0.4) is 0 Å². The number of halogens is 2. The number of hydrogen-bond donors (Lipinski definition) is 0. The van der Waals surface area contributed by atoms with Gasteiger partial charge in [0, 0.05) is 7.92 Å². The second-order valence-corrected chi connectivity index (χ2v) is 20.9. The smallest absolute Gasteiger partial charge is 0.0620 e. The third-order valence-corrected chi connectivity index (χ3v) is 16.5. The van der Waals surface area contributed by atoms with E-state index in [1.807, 2.05) is 0 Å². The first-order valence-electron chi connectivity index (χ1n) is 13.5. The molecule has 0 fully saturated rings. The van der Waals surface area contributed by atoms with Crippen molar-refractivity contribution in [1.29, 1.82) is 0 Å². The van der Waals surface area contributed by atoms with E-state index in [0.29, 0.717) is 0 Å². The van der Waals surface area contributed by atoms with Gasteiger partial charge in [-0.15, -0.1) is 0 Å². The summed E-state index contributed by atoms with van der Waals surface area (Å²) < 4.78 is 0. The molecule has 5 rings (SSSR count). The molecule has 0 aliphatic carbocycles. The Morgan fingerprint density at radius 3 is 0.825 bits per heavy atom. The van der Waals surface area contributed by atoms with Gasteiger partial charge in [-0.3, -0.25) is 0 Å². The third kappa shape index (κ3) is 9.87. The van der Waals surface area contributed by atoms with E-state index in [-0.39, 0.29) is 0 Å². The van der Waals surface area contributed by atoms with Gasteiger partial charge in [-0.25, -0.2) is 0 Å².